The Labute approximate surface area is 116 Å². The third-order valence-electron chi connectivity index (χ3n) is 4.16. The van der Waals surface area contributed by atoms with Gasteiger partial charge in [-0.1, -0.05) is 50.5 Å². The summed E-state index contributed by atoms with van der Waals surface area (Å²) in [5.41, 5.74) is 1.81. The summed E-state index contributed by atoms with van der Waals surface area (Å²) in [5.74, 6) is 0. The van der Waals surface area contributed by atoms with Gasteiger partial charge >= 0.3 is 7.12 Å². The van der Waals surface area contributed by atoms with Crippen molar-refractivity contribution >= 4 is 12.6 Å². The summed E-state index contributed by atoms with van der Waals surface area (Å²) < 4.78 is 0. The number of nitrogens with zero attached hydrogens (tertiary/aromatic N) is 1. The maximum atomic E-state index is 9.09. The molecule has 0 saturated heterocycles. The summed E-state index contributed by atoms with van der Waals surface area (Å²) in [6.45, 7) is 4.26. The first-order chi connectivity index (χ1) is 9.20. The van der Waals surface area contributed by atoms with Crippen molar-refractivity contribution < 1.29 is 10.0 Å². The molecule has 2 rings (SSSR count). The van der Waals surface area contributed by atoms with Crippen LogP contribution < -0.4 is 5.46 Å². The molecule has 0 atom stereocenters. The average Bonchev–Trinajstić information content (AvgIpc) is 2.46. The maximum absolute atomic E-state index is 9.09. The van der Waals surface area contributed by atoms with Crippen molar-refractivity contribution in [2.75, 3.05) is 6.54 Å². The lowest BCUT2D eigenvalue weighted by Crippen LogP contribution is -2.36. The highest BCUT2D eigenvalue weighted by Crippen LogP contribution is 2.23. The summed E-state index contributed by atoms with van der Waals surface area (Å²) in [7, 11) is -1.37. The van der Waals surface area contributed by atoms with Gasteiger partial charge in [-0.25, -0.2) is 0 Å². The van der Waals surface area contributed by atoms with E-state index in [-0.39, 0.29) is 0 Å². The number of rotatable bonds is 5. The van der Waals surface area contributed by atoms with E-state index in [1.807, 2.05) is 12.1 Å². The van der Waals surface area contributed by atoms with E-state index in [0.717, 1.165) is 19.1 Å². The fourth-order valence-corrected chi connectivity index (χ4v) is 2.97. The van der Waals surface area contributed by atoms with Crippen LogP contribution in [0.3, 0.4) is 0 Å². The van der Waals surface area contributed by atoms with Crippen LogP contribution in [0.4, 0.5) is 0 Å². The molecule has 0 spiro atoms. The summed E-state index contributed by atoms with van der Waals surface area (Å²) in [4.78, 5) is 2.55. The van der Waals surface area contributed by atoms with Crippen molar-refractivity contribution in [3.63, 3.8) is 0 Å². The molecular weight excluding hydrogens is 237 g/mol. The van der Waals surface area contributed by atoms with Gasteiger partial charge < -0.3 is 10.0 Å². The standard InChI is InChI=1S/C15H24BNO2/c1-2-17(15-6-4-3-5-7-15)12-13-8-10-14(11-9-13)16(18)19/h8-11,15,18-19H,2-7,12H2,1H3. The third kappa shape index (κ3) is 4.06. The van der Waals surface area contributed by atoms with Gasteiger partial charge in [0.15, 0.2) is 0 Å². The molecule has 19 heavy (non-hydrogen) atoms. The Bertz CT molecular complexity index is 374. The molecule has 1 aliphatic rings. The van der Waals surface area contributed by atoms with Crippen molar-refractivity contribution in [3.8, 4) is 0 Å². The average molecular weight is 261 g/mol. The quantitative estimate of drug-likeness (QED) is 0.790. The molecule has 0 aliphatic heterocycles. The second kappa shape index (κ2) is 7.08. The minimum atomic E-state index is -1.37. The fourth-order valence-electron chi connectivity index (χ4n) is 2.97. The summed E-state index contributed by atoms with van der Waals surface area (Å²) in [6.07, 6.45) is 6.74. The Morgan fingerprint density at radius 2 is 1.74 bits per heavy atom. The van der Waals surface area contributed by atoms with Gasteiger partial charge in [0.25, 0.3) is 0 Å². The van der Waals surface area contributed by atoms with Gasteiger partial charge in [0.05, 0.1) is 0 Å². The largest absolute Gasteiger partial charge is 0.488 e. The van der Waals surface area contributed by atoms with Gasteiger partial charge in [-0.05, 0) is 30.4 Å². The van der Waals surface area contributed by atoms with E-state index in [9.17, 15) is 0 Å². The van der Waals surface area contributed by atoms with Crippen molar-refractivity contribution in [2.24, 2.45) is 0 Å². The van der Waals surface area contributed by atoms with Gasteiger partial charge in [0, 0.05) is 12.6 Å². The van der Waals surface area contributed by atoms with Crippen LogP contribution in [0.1, 0.15) is 44.6 Å². The van der Waals surface area contributed by atoms with Crippen LogP contribution in [-0.2, 0) is 6.54 Å². The predicted molar refractivity (Wildman–Crippen MR) is 79.2 cm³/mol. The first-order valence-corrected chi connectivity index (χ1v) is 7.39. The van der Waals surface area contributed by atoms with Gasteiger partial charge in [-0.3, -0.25) is 4.90 Å². The normalized spacial score (nSPS) is 16.8. The molecule has 1 aliphatic carbocycles. The second-order valence-electron chi connectivity index (χ2n) is 5.47. The Kier molecular flexibility index (Phi) is 5.43. The van der Waals surface area contributed by atoms with E-state index in [0.29, 0.717) is 5.46 Å². The maximum Gasteiger partial charge on any atom is 0.488 e. The van der Waals surface area contributed by atoms with Gasteiger partial charge in [-0.2, -0.15) is 0 Å². The second-order valence-corrected chi connectivity index (χ2v) is 5.47. The van der Waals surface area contributed by atoms with E-state index >= 15 is 0 Å². The highest BCUT2D eigenvalue weighted by atomic mass is 16.4. The zero-order valence-corrected chi connectivity index (χ0v) is 11.8. The van der Waals surface area contributed by atoms with Crippen LogP contribution in [0.25, 0.3) is 0 Å². The van der Waals surface area contributed by atoms with Crippen molar-refractivity contribution in [2.45, 2.75) is 51.6 Å². The molecule has 0 amide bonds. The van der Waals surface area contributed by atoms with E-state index in [4.69, 9.17) is 10.0 Å². The zero-order chi connectivity index (χ0) is 13.7. The van der Waals surface area contributed by atoms with Crippen molar-refractivity contribution in [1.29, 1.82) is 0 Å². The van der Waals surface area contributed by atoms with Gasteiger partial charge in [0.2, 0.25) is 0 Å². The lowest BCUT2D eigenvalue weighted by Gasteiger charge is -2.33. The Hall–Kier alpha value is -0.835. The number of benzene rings is 1. The molecule has 1 aromatic rings. The molecule has 2 N–H and O–H groups in total. The van der Waals surface area contributed by atoms with E-state index in [1.165, 1.54) is 37.7 Å². The SMILES string of the molecule is CCN(Cc1ccc(B(O)O)cc1)C1CCCCC1. The number of hydrogen-bond acceptors (Lipinski definition) is 3. The minimum Gasteiger partial charge on any atom is -0.423 e. The van der Waals surface area contributed by atoms with E-state index in [1.54, 1.807) is 12.1 Å². The molecule has 0 heterocycles. The highest BCUT2D eigenvalue weighted by Gasteiger charge is 2.20. The van der Waals surface area contributed by atoms with Gasteiger partial charge in [-0.15, -0.1) is 0 Å². The molecule has 104 valence electrons. The third-order valence-corrected chi connectivity index (χ3v) is 4.16. The van der Waals surface area contributed by atoms with Crippen molar-refractivity contribution in [1.82, 2.24) is 4.90 Å². The predicted octanol–water partition coefficient (Wildman–Crippen LogP) is 1.52. The molecule has 0 aromatic heterocycles. The summed E-state index contributed by atoms with van der Waals surface area (Å²) in [5, 5.41) is 18.2. The van der Waals surface area contributed by atoms with E-state index in [2.05, 4.69) is 11.8 Å². The fraction of sp³-hybridized carbons (Fsp3) is 0.600. The number of hydrogen-bond donors (Lipinski definition) is 2. The van der Waals surface area contributed by atoms with Crippen LogP contribution in [0.5, 0.6) is 0 Å². The van der Waals surface area contributed by atoms with Crippen LogP contribution in [-0.4, -0.2) is 34.7 Å². The Morgan fingerprint density at radius 1 is 1.11 bits per heavy atom. The topological polar surface area (TPSA) is 43.7 Å². The molecular formula is C15H24BNO2. The molecule has 1 fully saturated rings. The van der Waals surface area contributed by atoms with Crippen LogP contribution in [0.15, 0.2) is 24.3 Å². The van der Waals surface area contributed by atoms with Crippen LogP contribution >= 0.6 is 0 Å². The van der Waals surface area contributed by atoms with Crippen LogP contribution in [0.2, 0.25) is 0 Å². The smallest absolute Gasteiger partial charge is 0.423 e. The van der Waals surface area contributed by atoms with Gasteiger partial charge in [0.1, 0.15) is 0 Å². The molecule has 3 nitrogen and oxygen atoms in total. The Morgan fingerprint density at radius 3 is 2.26 bits per heavy atom. The molecule has 4 heteroatoms. The summed E-state index contributed by atoms with van der Waals surface area (Å²) >= 11 is 0. The minimum absolute atomic E-state index is 0.560. The lowest BCUT2D eigenvalue weighted by atomic mass is 9.80. The molecule has 0 bridgehead atoms. The summed E-state index contributed by atoms with van der Waals surface area (Å²) in [6, 6.07) is 8.33. The molecule has 1 saturated carbocycles. The molecule has 0 radical (unpaired) electrons. The molecule has 0 unspecified atom stereocenters. The first-order valence-electron chi connectivity index (χ1n) is 7.39. The molecule has 1 aromatic carbocycles. The Balaban J connectivity index is 1.97. The monoisotopic (exact) mass is 261 g/mol. The first kappa shape index (κ1) is 14.6. The zero-order valence-electron chi connectivity index (χ0n) is 11.8. The lowest BCUT2D eigenvalue weighted by molar-refractivity contribution is 0.156. The highest BCUT2D eigenvalue weighted by molar-refractivity contribution is 6.58. The van der Waals surface area contributed by atoms with Crippen LogP contribution in [0, 0.1) is 0 Å². The van der Waals surface area contributed by atoms with E-state index < -0.39 is 7.12 Å². The van der Waals surface area contributed by atoms with Crippen molar-refractivity contribution in [3.05, 3.63) is 29.8 Å².